The van der Waals surface area contributed by atoms with Crippen LogP contribution >= 0.6 is 0 Å². The summed E-state index contributed by atoms with van der Waals surface area (Å²) in [5, 5.41) is 13.0. The third-order valence-corrected chi connectivity index (χ3v) is 6.41. The fourth-order valence-corrected chi connectivity index (χ4v) is 4.42. The first-order valence-electron chi connectivity index (χ1n) is 12.4. The predicted octanol–water partition coefficient (Wildman–Crippen LogP) is 4.07. The summed E-state index contributed by atoms with van der Waals surface area (Å²) >= 11 is 0. The van der Waals surface area contributed by atoms with Gasteiger partial charge in [-0.1, -0.05) is 30.3 Å². The zero-order chi connectivity index (χ0) is 25.0. The number of nitrogens with zero attached hydrogens (tertiary/aromatic N) is 6. The van der Waals surface area contributed by atoms with Gasteiger partial charge in [-0.25, -0.2) is 19.9 Å². The van der Waals surface area contributed by atoms with Gasteiger partial charge in [0.25, 0.3) is 0 Å². The first-order valence-corrected chi connectivity index (χ1v) is 12.4. The van der Waals surface area contributed by atoms with Crippen molar-refractivity contribution in [2.45, 2.75) is 6.42 Å². The van der Waals surface area contributed by atoms with E-state index in [0.29, 0.717) is 36.9 Å². The summed E-state index contributed by atoms with van der Waals surface area (Å²) in [6.07, 6.45) is 4.38. The van der Waals surface area contributed by atoms with Crippen molar-refractivity contribution in [2.75, 3.05) is 43.1 Å². The highest BCUT2D eigenvalue weighted by Gasteiger charge is 2.17. The summed E-state index contributed by atoms with van der Waals surface area (Å²) in [4.78, 5) is 21.3. The molecule has 1 saturated heterocycles. The number of phenols is 1. The minimum absolute atomic E-state index is 0.263. The maximum Gasteiger partial charge on any atom is 0.170 e. The standard InChI is InChI=1S/C28H27N7O2/c36-23-9-6-20(7-10-23)12-13-29-27-25-28(35(19-31-25)22-4-2-1-3-5-22)33-26(32-27)21-8-11-24(30-18-21)34-14-16-37-17-15-34/h1-11,18-19,36H,12-17H2,(H,29,32,33). The zero-order valence-electron chi connectivity index (χ0n) is 20.3. The van der Waals surface area contributed by atoms with Crippen LogP contribution in [0.25, 0.3) is 28.2 Å². The molecule has 2 aromatic carbocycles. The van der Waals surface area contributed by atoms with Crippen molar-refractivity contribution >= 4 is 22.8 Å². The van der Waals surface area contributed by atoms with Crippen molar-refractivity contribution in [3.63, 3.8) is 0 Å². The zero-order valence-corrected chi connectivity index (χ0v) is 20.3. The lowest BCUT2D eigenvalue weighted by Gasteiger charge is -2.27. The number of nitrogens with one attached hydrogen (secondary N) is 1. The molecular formula is C28H27N7O2. The van der Waals surface area contributed by atoms with Gasteiger partial charge in [0, 0.05) is 37.1 Å². The lowest BCUT2D eigenvalue weighted by atomic mass is 10.1. The van der Waals surface area contributed by atoms with Crippen LogP contribution in [0, 0.1) is 0 Å². The second-order valence-electron chi connectivity index (χ2n) is 8.87. The highest BCUT2D eigenvalue weighted by molar-refractivity contribution is 5.86. The minimum atomic E-state index is 0.263. The maximum atomic E-state index is 9.55. The summed E-state index contributed by atoms with van der Waals surface area (Å²) in [6, 6.07) is 21.3. The normalized spacial score (nSPS) is 13.7. The molecule has 9 heteroatoms. The number of rotatable bonds is 7. The van der Waals surface area contributed by atoms with Crippen LogP contribution in [0.3, 0.4) is 0 Å². The SMILES string of the molecule is Oc1ccc(CCNc2nc(-c3ccc(N4CCOCC4)nc3)nc3c2ncn3-c2ccccc2)cc1. The molecule has 4 heterocycles. The molecule has 186 valence electrons. The molecule has 0 radical (unpaired) electrons. The van der Waals surface area contributed by atoms with E-state index in [-0.39, 0.29) is 5.75 Å². The fourth-order valence-electron chi connectivity index (χ4n) is 4.42. The van der Waals surface area contributed by atoms with Crippen molar-refractivity contribution in [1.82, 2.24) is 24.5 Å². The van der Waals surface area contributed by atoms with Gasteiger partial charge in [0.1, 0.15) is 17.9 Å². The van der Waals surface area contributed by atoms with E-state index in [9.17, 15) is 5.11 Å². The number of para-hydroxylation sites is 1. The Morgan fingerprint density at radius 1 is 0.892 bits per heavy atom. The molecule has 3 aromatic heterocycles. The molecule has 1 aliphatic heterocycles. The molecule has 0 spiro atoms. The van der Waals surface area contributed by atoms with Crippen LogP contribution in [0.2, 0.25) is 0 Å². The number of phenolic OH excluding ortho intramolecular Hbond substituents is 1. The number of aromatic hydroxyl groups is 1. The summed E-state index contributed by atoms with van der Waals surface area (Å²) in [7, 11) is 0. The van der Waals surface area contributed by atoms with Crippen molar-refractivity contribution in [2.24, 2.45) is 0 Å². The molecule has 9 nitrogen and oxygen atoms in total. The first-order chi connectivity index (χ1) is 18.2. The number of fused-ring (bicyclic) bond motifs is 1. The number of anilines is 2. The molecule has 0 amide bonds. The summed E-state index contributed by atoms with van der Waals surface area (Å²) in [6.45, 7) is 3.75. The Morgan fingerprint density at radius 2 is 1.70 bits per heavy atom. The van der Waals surface area contributed by atoms with Crippen LogP contribution in [0.15, 0.2) is 79.3 Å². The Hall–Kier alpha value is -4.50. The van der Waals surface area contributed by atoms with Gasteiger partial charge in [0.05, 0.1) is 13.2 Å². The van der Waals surface area contributed by atoms with Crippen LogP contribution in [0.4, 0.5) is 11.6 Å². The molecule has 0 aliphatic carbocycles. The summed E-state index contributed by atoms with van der Waals surface area (Å²) < 4.78 is 7.43. The Labute approximate surface area is 214 Å². The Kier molecular flexibility index (Phi) is 6.35. The van der Waals surface area contributed by atoms with Crippen molar-refractivity contribution in [3.05, 3.63) is 84.8 Å². The van der Waals surface area contributed by atoms with Gasteiger partial charge >= 0.3 is 0 Å². The molecule has 2 N–H and O–H groups in total. The molecule has 0 bridgehead atoms. The van der Waals surface area contributed by atoms with Gasteiger partial charge in [-0.15, -0.1) is 0 Å². The fraction of sp³-hybridized carbons (Fsp3) is 0.214. The number of morpholine rings is 1. The van der Waals surface area contributed by atoms with E-state index in [0.717, 1.165) is 47.8 Å². The number of pyridine rings is 1. The number of hydrogen-bond donors (Lipinski definition) is 2. The van der Waals surface area contributed by atoms with Gasteiger partial charge in [-0.3, -0.25) is 4.57 Å². The second-order valence-corrected chi connectivity index (χ2v) is 8.87. The van der Waals surface area contributed by atoms with Crippen LogP contribution < -0.4 is 10.2 Å². The summed E-state index contributed by atoms with van der Waals surface area (Å²) in [5.41, 5.74) is 4.36. The predicted molar refractivity (Wildman–Crippen MR) is 143 cm³/mol. The Morgan fingerprint density at radius 3 is 2.46 bits per heavy atom. The van der Waals surface area contributed by atoms with Crippen molar-refractivity contribution < 1.29 is 9.84 Å². The Balaban J connectivity index is 1.34. The van der Waals surface area contributed by atoms with Gasteiger partial charge in [-0.2, -0.15) is 0 Å². The Bertz CT molecular complexity index is 1480. The van der Waals surface area contributed by atoms with E-state index in [1.165, 1.54) is 0 Å². The molecule has 5 aromatic rings. The maximum absolute atomic E-state index is 9.55. The van der Waals surface area contributed by atoms with Crippen molar-refractivity contribution in [3.8, 4) is 22.8 Å². The lowest BCUT2D eigenvalue weighted by molar-refractivity contribution is 0.122. The highest BCUT2D eigenvalue weighted by atomic mass is 16.5. The molecule has 0 unspecified atom stereocenters. The van der Waals surface area contributed by atoms with E-state index in [1.54, 1.807) is 18.5 Å². The summed E-state index contributed by atoms with van der Waals surface area (Å²) in [5.74, 6) is 2.44. The number of ether oxygens (including phenoxy) is 1. The molecule has 1 fully saturated rings. The monoisotopic (exact) mass is 493 g/mol. The third-order valence-electron chi connectivity index (χ3n) is 6.41. The van der Waals surface area contributed by atoms with Crippen LogP contribution in [-0.2, 0) is 11.2 Å². The quantitative estimate of drug-likeness (QED) is 0.350. The smallest absolute Gasteiger partial charge is 0.170 e. The second kappa shape index (κ2) is 10.2. The van der Waals surface area contributed by atoms with Gasteiger partial charge in [0.15, 0.2) is 22.8 Å². The number of benzene rings is 2. The average Bonchev–Trinajstić information content (AvgIpc) is 3.39. The topological polar surface area (TPSA) is 101 Å². The lowest BCUT2D eigenvalue weighted by Crippen LogP contribution is -2.36. The minimum Gasteiger partial charge on any atom is -0.508 e. The first kappa shape index (κ1) is 22.9. The highest BCUT2D eigenvalue weighted by Crippen LogP contribution is 2.27. The van der Waals surface area contributed by atoms with Crippen LogP contribution in [-0.4, -0.2) is 62.5 Å². The van der Waals surface area contributed by atoms with E-state index in [1.807, 2.05) is 65.4 Å². The van der Waals surface area contributed by atoms with E-state index in [2.05, 4.69) is 15.2 Å². The molecular weight excluding hydrogens is 466 g/mol. The van der Waals surface area contributed by atoms with E-state index in [4.69, 9.17) is 19.7 Å². The van der Waals surface area contributed by atoms with Crippen LogP contribution in [0.5, 0.6) is 5.75 Å². The van der Waals surface area contributed by atoms with Crippen molar-refractivity contribution in [1.29, 1.82) is 0 Å². The van der Waals surface area contributed by atoms with Gasteiger partial charge in [-0.05, 0) is 48.4 Å². The van der Waals surface area contributed by atoms with Crippen LogP contribution in [0.1, 0.15) is 5.56 Å². The molecule has 37 heavy (non-hydrogen) atoms. The van der Waals surface area contributed by atoms with E-state index < -0.39 is 0 Å². The molecule has 0 atom stereocenters. The van der Waals surface area contributed by atoms with Gasteiger partial charge in [0.2, 0.25) is 0 Å². The molecule has 6 rings (SSSR count). The largest absolute Gasteiger partial charge is 0.508 e. The molecule has 0 saturated carbocycles. The van der Waals surface area contributed by atoms with Gasteiger partial charge < -0.3 is 20.1 Å². The molecule has 1 aliphatic rings. The average molecular weight is 494 g/mol. The third kappa shape index (κ3) is 4.94. The number of imidazole rings is 1. The number of hydrogen-bond acceptors (Lipinski definition) is 8. The number of aromatic nitrogens is 5. The van der Waals surface area contributed by atoms with E-state index >= 15 is 0 Å².